The minimum atomic E-state index is -2.31. The maximum Gasteiger partial charge on any atom is 0.344 e. The van der Waals surface area contributed by atoms with E-state index < -0.39 is 46.2 Å². The predicted molar refractivity (Wildman–Crippen MR) is 60.6 cm³/mol. The van der Waals surface area contributed by atoms with E-state index in [1.807, 2.05) is 0 Å². The number of rotatable bonds is 4. The van der Waals surface area contributed by atoms with Crippen LogP contribution in [0.2, 0.25) is 0 Å². The van der Waals surface area contributed by atoms with Crippen molar-refractivity contribution in [1.29, 1.82) is 0 Å². The summed E-state index contributed by atoms with van der Waals surface area (Å²) in [5.41, 5.74) is -2.62. The highest BCUT2D eigenvalue weighted by Crippen LogP contribution is 2.27. The number of esters is 1. The van der Waals surface area contributed by atoms with E-state index in [1.165, 1.54) is 6.92 Å². The van der Waals surface area contributed by atoms with Crippen molar-refractivity contribution in [2.75, 3.05) is 0 Å². The van der Waals surface area contributed by atoms with Gasteiger partial charge in [0, 0.05) is 0 Å². The van der Waals surface area contributed by atoms with Crippen molar-refractivity contribution in [3.63, 3.8) is 0 Å². The Labute approximate surface area is 112 Å². The second kappa shape index (κ2) is 5.76. The van der Waals surface area contributed by atoms with Gasteiger partial charge in [0.15, 0.2) is 23.3 Å². The van der Waals surface area contributed by atoms with Crippen LogP contribution in [-0.2, 0) is 4.74 Å². The summed E-state index contributed by atoms with van der Waals surface area (Å²) in [6, 6.07) is 0. The Morgan fingerprint density at radius 3 is 1.60 bits per heavy atom. The third-order valence-electron chi connectivity index (χ3n) is 3.25. The standard InChI is InChI=1S/C13H13F5O2/c1-4-13(3,5-2)20-12(19)6-7(14)9(16)11(18)10(17)8(6)15/h4-5H2,1-3H3. The molecule has 20 heavy (non-hydrogen) atoms. The van der Waals surface area contributed by atoms with Crippen molar-refractivity contribution >= 4 is 5.97 Å². The summed E-state index contributed by atoms with van der Waals surface area (Å²) in [5, 5.41) is 0. The van der Waals surface area contributed by atoms with Gasteiger partial charge in [-0.2, -0.15) is 0 Å². The number of halogens is 5. The summed E-state index contributed by atoms with van der Waals surface area (Å²) in [5.74, 6) is -12.6. The van der Waals surface area contributed by atoms with Crippen LogP contribution in [0.4, 0.5) is 22.0 Å². The molecule has 0 aliphatic rings. The number of carbonyl (C=O) groups is 1. The fourth-order valence-electron chi connectivity index (χ4n) is 1.45. The normalized spacial score (nSPS) is 11.6. The van der Waals surface area contributed by atoms with Gasteiger partial charge >= 0.3 is 5.97 Å². The molecular formula is C13H13F5O2. The van der Waals surface area contributed by atoms with Gasteiger partial charge in [0.1, 0.15) is 11.2 Å². The number of ether oxygens (including phenoxy) is 1. The number of hydrogen-bond donors (Lipinski definition) is 0. The molecule has 0 heterocycles. The summed E-state index contributed by atoms with van der Waals surface area (Å²) < 4.78 is 70.5. The average Bonchev–Trinajstić information content (AvgIpc) is 2.43. The van der Waals surface area contributed by atoms with Gasteiger partial charge in [-0.05, 0) is 19.8 Å². The van der Waals surface area contributed by atoms with Crippen molar-refractivity contribution in [3.05, 3.63) is 34.6 Å². The van der Waals surface area contributed by atoms with E-state index in [4.69, 9.17) is 4.74 Å². The molecular weight excluding hydrogens is 283 g/mol. The maximum absolute atomic E-state index is 13.4. The lowest BCUT2D eigenvalue weighted by Gasteiger charge is -2.27. The topological polar surface area (TPSA) is 26.3 Å². The number of benzene rings is 1. The first-order valence-corrected chi connectivity index (χ1v) is 5.93. The smallest absolute Gasteiger partial charge is 0.344 e. The quantitative estimate of drug-likeness (QED) is 0.361. The van der Waals surface area contributed by atoms with E-state index >= 15 is 0 Å². The Balaban J connectivity index is 3.31. The van der Waals surface area contributed by atoms with Crippen LogP contribution in [0.15, 0.2) is 0 Å². The lowest BCUT2D eigenvalue weighted by molar-refractivity contribution is -0.0142. The van der Waals surface area contributed by atoms with E-state index in [1.54, 1.807) is 13.8 Å². The van der Waals surface area contributed by atoms with Crippen molar-refractivity contribution in [3.8, 4) is 0 Å². The molecule has 0 unspecified atom stereocenters. The molecule has 0 atom stereocenters. The molecule has 1 rings (SSSR count). The molecule has 0 aliphatic heterocycles. The van der Waals surface area contributed by atoms with E-state index in [2.05, 4.69) is 0 Å². The molecule has 0 fully saturated rings. The van der Waals surface area contributed by atoms with Gasteiger partial charge < -0.3 is 4.74 Å². The van der Waals surface area contributed by atoms with E-state index in [0.29, 0.717) is 12.8 Å². The van der Waals surface area contributed by atoms with Gasteiger partial charge in [-0.15, -0.1) is 0 Å². The van der Waals surface area contributed by atoms with Crippen LogP contribution in [-0.4, -0.2) is 11.6 Å². The Bertz CT molecular complexity index is 509. The first-order valence-electron chi connectivity index (χ1n) is 5.93. The molecule has 0 N–H and O–H groups in total. The molecule has 0 radical (unpaired) electrons. The van der Waals surface area contributed by atoms with Gasteiger partial charge in [0.2, 0.25) is 5.82 Å². The van der Waals surface area contributed by atoms with Crippen LogP contribution in [0.5, 0.6) is 0 Å². The first-order chi connectivity index (χ1) is 9.18. The molecule has 0 aromatic heterocycles. The van der Waals surface area contributed by atoms with Crippen molar-refractivity contribution < 1.29 is 31.5 Å². The summed E-state index contributed by atoms with van der Waals surface area (Å²) >= 11 is 0. The average molecular weight is 296 g/mol. The minimum Gasteiger partial charge on any atom is -0.456 e. The van der Waals surface area contributed by atoms with Crippen LogP contribution in [0.1, 0.15) is 44.0 Å². The summed E-state index contributed by atoms with van der Waals surface area (Å²) in [6.07, 6.45) is 0.648. The molecule has 0 saturated heterocycles. The van der Waals surface area contributed by atoms with Crippen molar-refractivity contribution in [2.24, 2.45) is 0 Å². The zero-order valence-electron chi connectivity index (χ0n) is 11.1. The number of carbonyl (C=O) groups excluding carboxylic acids is 1. The van der Waals surface area contributed by atoms with Crippen LogP contribution < -0.4 is 0 Å². The Kier molecular flexibility index (Phi) is 4.73. The SMILES string of the molecule is CCC(C)(CC)OC(=O)c1c(F)c(F)c(F)c(F)c1F. The second-order valence-electron chi connectivity index (χ2n) is 4.49. The Morgan fingerprint density at radius 1 is 0.900 bits per heavy atom. The zero-order valence-corrected chi connectivity index (χ0v) is 11.1. The fourth-order valence-corrected chi connectivity index (χ4v) is 1.45. The Hall–Kier alpha value is -1.66. The molecule has 0 bridgehead atoms. The maximum atomic E-state index is 13.4. The highest BCUT2D eigenvalue weighted by atomic mass is 19.2. The molecule has 2 nitrogen and oxygen atoms in total. The van der Waals surface area contributed by atoms with Crippen molar-refractivity contribution in [1.82, 2.24) is 0 Å². The monoisotopic (exact) mass is 296 g/mol. The highest BCUT2D eigenvalue weighted by Gasteiger charge is 2.34. The van der Waals surface area contributed by atoms with Gasteiger partial charge in [0.05, 0.1) is 0 Å². The third kappa shape index (κ3) is 2.76. The summed E-state index contributed by atoms with van der Waals surface area (Å²) in [6.45, 7) is 4.82. The summed E-state index contributed by atoms with van der Waals surface area (Å²) in [7, 11) is 0. The van der Waals surface area contributed by atoms with Gasteiger partial charge in [0.25, 0.3) is 0 Å². The van der Waals surface area contributed by atoms with Crippen LogP contribution >= 0.6 is 0 Å². The van der Waals surface area contributed by atoms with E-state index in [-0.39, 0.29) is 0 Å². The fraction of sp³-hybridized carbons (Fsp3) is 0.462. The largest absolute Gasteiger partial charge is 0.456 e. The van der Waals surface area contributed by atoms with Crippen LogP contribution in [0, 0.1) is 29.1 Å². The molecule has 1 aromatic carbocycles. The first kappa shape index (κ1) is 16.4. The molecule has 1 aromatic rings. The van der Waals surface area contributed by atoms with E-state index in [9.17, 15) is 26.7 Å². The molecule has 0 amide bonds. The molecule has 0 saturated carbocycles. The van der Waals surface area contributed by atoms with Gasteiger partial charge in [-0.25, -0.2) is 26.7 Å². The van der Waals surface area contributed by atoms with Crippen molar-refractivity contribution in [2.45, 2.75) is 39.2 Å². The second-order valence-corrected chi connectivity index (χ2v) is 4.49. The molecule has 7 heteroatoms. The third-order valence-corrected chi connectivity index (χ3v) is 3.25. The Morgan fingerprint density at radius 2 is 1.25 bits per heavy atom. The van der Waals surface area contributed by atoms with Gasteiger partial charge in [-0.1, -0.05) is 13.8 Å². The summed E-state index contributed by atoms with van der Waals surface area (Å²) in [4.78, 5) is 11.7. The lowest BCUT2D eigenvalue weighted by Crippen LogP contribution is -2.31. The highest BCUT2D eigenvalue weighted by molar-refractivity contribution is 5.90. The molecule has 112 valence electrons. The predicted octanol–water partition coefficient (Wildman–Crippen LogP) is 4.12. The molecule has 0 aliphatic carbocycles. The lowest BCUT2D eigenvalue weighted by atomic mass is 10.00. The molecule has 0 spiro atoms. The van der Waals surface area contributed by atoms with E-state index in [0.717, 1.165) is 0 Å². The number of hydrogen-bond acceptors (Lipinski definition) is 2. The zero-order chi connectivity index (χ0) is 15.7. The minimum absolute atomic E-state index is 0.324. The van der Waals surface area contributed by atoms with Gasteiger partial charge in [-0.3, -0.25) is 0 Å². The van der Waals surface area contributed by atoms with Crippen LogP contribution in [0.3, 0.4) is 0 Å². The van der Waals surface area contributed by atoms with Crippen LogP contribution in [0.25, 0.3) is 0 Å².